The van der Waals surface area contributed by atoms with Gasteiger partial charge in [0.1, 0.15) is 0 Å². The van der Waals surface area contributed by atoms with Gasteiger partial charge >= 0.3 is 0 Å². The molecular formula is C16H26BrNO2. The van der Waals surface area contributed by atoms with Crippen LogP contribution < -0.4 is 4.74 Å². The van der Waals surface area contributed by atoms with Crippen LogP contribution in [0.5, 0.6) is 11.5 Å². The number of phenolic OH excluding ortho intramolecular Hbond substituents is 1. The molecule has 0 atom stereocenters. The van der Waals surface area contributed by atoms with E-state index in [1.54, 1.807) is 7.11 Å². The lowest BCUT2D eigenvalue weighted by Crippen LogP contribution is -2.30. The van der Waals surface area contributed by atoms with Gasteiger partial charge in [0.15, 0.2) is 11.5 Å². The van der Waals surface area contributed by atoms with Crippen LogP contribution in [-0.2, 0) is 6.54 Å². The Morgan fingerprint density at radius 3 is 2.15 bits per heavy atom. The van der Waals surface area contributed by atoms with Crippen molar-refractivity contribution in [3.05, 3.63) is 22.2 Å². The van der Waals surface area contributed by atoms with Gasteiger partial charge in [-0.3, -0.25) is 4.90 Å². The summed E-state index contributed by atoms with van der Waals surface area (Å²) in [5, 5.41) is 9.86. The Kier molecular flexibility index (Phi) is 6.83. The maximum absolute atomic E-state index is 9.86. The molecule has 0 amide bonds. The lowest BCUT2D eigenvalue weighted by atomic mass is 10.1. The molecule has 0 aliphatic rings. The Labute approximate surface area is 131 Å². The summed E-state index contributed by atoms with van der Waals surface area (Å²) in [5.74, 6) is 1.95. The predicted molar refractivity (Wildman–Crippen MR) is 87.3 cm³/mol. The first-order chi connectivity index (χ1) is 9.33. The van der Waals surface area contributed by atoms with Crippen molar-refractivity contribution in [1.82, 2.24) is 4.90 Å². The molecule has 0 saturated heterocycles. The van der Waals surface area contributed by atoms with Crippen LogP contribution in [0.4, 0.5) is 0 Å². The molecule has 1 aromatic carbocycles. The number of ether oxygens (including phenoxy) is 1. The number of phenols is 1. The first-order valence-electron chi connectivity index (χ1n) is 7.11. The van der Waals surface area contributed by atoms with E-state index in [2.05, 4.69) is 48.5 Å². The molecule has 0 radical (unpaired) electrons. The minimum atomic E-state index is 0.163. The summed E-state index contributed by atoms with van der Waals surface area (Å²) >= 11 is 3.38. The summed E-state index contributed by atoms with van der Waals surface area (Å²) in [5.41, 5.74) is 1.15. The van der Waals surface area contributed by atoms with Crippen molar-refractivity contribution in [3.8, 4) is 11.5 Å². The van der Waals surface area contributed by atoms with Gasteiger partial charge < -0.3 is 9.84 Å². The highest BCUT2D eigenvalue weighted by molar-refractivity contribution is 9.10. The second kappa shape index (κ2) is 7.89. The van der Waals surface area contributed by atoms with E-state index in [4.69, 9.17) is 4.74 Å². The van der Waals surface area contributed by atoms with E-state index >= 15 is 0 Å². The van der Waals surface area contributed by atoms with Gasteiger partial charge in [-0.2, -0.15) is 0 Å². The molecule has 0 aliphatic heterocycles. The van der Waals surface area contributed by atoms with Crippen molar-refractivity contribution in [2.75, 3.05) is 20.2 Å². The zero-order valence-electron chi connectivity index (χ0n) is 13.1. The maximum Gasteiger partial charge on any atom is 0.172 e. The van der Waals surface area contributed by atoms with E-state index in [9.17, 15) is 5.11 Å². The molecule has 1 N–H and O–H groups in total. The smallest absolute Gasteiger partial charge is 0.172 e. The molecule has 114 valence electrons. The summed E-state index contributed by atoms with van der Waals surface area (Å²) in [6.45, 7) is 12.0. The monoisotopic (exact) mass is 343 g/mol. The molecule has 0 unspecified atom stereocenters. The summed E-state index contributed by atoms with van der Waals surface area (Å²) in [4.78, 5) is 2.45. The van der Waals surface area contributed by atoms with Crippen LogP contribution in [0.3, 0.4) is 0 Å². The third-order valence-corrected chi connectivity index (χ3v) is 3.57. The standard InChI is InChI=1S/C16H26BrNO2/c1-11(2)8-18(9-12(3)4)10-13-6-14(17)16(19)15(7-13)20-5/h6-7,11-12,19H,8-10H2,1-5H3. The highest BCUT2D eigenvalue weighted by Crippen LogP contribution is 2.35. The lowest BCUT2D eigenvalue weighted by Gasteiger charge is -2.26. The molecule has 0 aliphatic carbocycles. The number of rotatable bonds is 7. The SMILES string of the molecule is COc1cc(CN(CC(C)C)CC(C)C)cc(Br)c1O. The molecular weight excluding hydrogens is 318 g/mol. The van der Waals surface area contributed by atoms with E-state index in [1.165, 1.54) is 0 Å². The summed E-state index contributed by atoms with van der Waals surface area (Å²) in [6.07, 6.45) is 0. The Morgan fingerprint density at radius 1 is 1.15 bits per heavy atom. The summed E-state index contributed by atoms with van der Waals surface area (Å²) in [7, 11) is 1.57. The molecule has 20 heavy (non-hydrogen) atoms. The number of hydrogen-bond donors (Lipinski definition) is 1. The van der Waals surface area contributed by atoms with Crippen molar-refractivity contribution in [1.29, 1.82) is 0 Å². The van der Waals surface area contributed by atoms with Crippen LogP contribution in [0.1, 0.15) is 33.3 Å². The van der Waals surface area contributed by atoms with Crippen molar-refractivity contribution in [3.63, 3.8) is 0 Å². The predicted octanol–water partition coefficient (Wildman–Crippen LogP) is 4.28. The fraction of sp³-hybridized carbons (Fsp3) is 0.625. The average Bonchev–Trinajstić information content (AvgIpc) is 2.31. The molecule has 1 rings (SSSR count). The quantitative estimate of drug-likeness (QED) is 0.801. The fourth-order valence-corrected chi connectivity index (χ4v) is 2.86. The summed E-state index contributed by atoms with van der Waals surface area (Å²) < 4.78 is 5.89. The third-order valence-electron chi connectivity index (χ3n) is 2.96. The molecule has 4 heteroatoms. The molecule has 0 heterocycles. The second-order valence-electron chi connectivity index (χ2n) is 6.11. The number of benzene rings is 1. The maximum atomic E-state index is 9.86. The topological polar surface area (TPSA) is 32.7 Å². The molecule has 0 spiro atoms. The van der Waals surface area contributed by atoms with E-state index in [1.807, 2.05) is 12.1 Å². The zero-order valence-corrected chi connectivity index (χ0v) is 14.7. The molecule has 0 fully saturated rings. The van der Waals surface area contributed by atoms with Gasteiger partial charge in [0.05, 0.1) is 11.6 Å². The van der Waals surface area contributed by atoms with Crippen LogP contribution >= 0.6 is 15.9 Å². The van der Waals surface area contributed by atoms with E-state index in [-0.39, 0.29) is 5.75 Å². The number of hydrogen-bond acceptors (Lipinski definition) is 3. The van der Waals surface area contributed by atoms with Gasteiger partial charge in [-0.15, -0.1) is 0 Å². The number of nitrogens with zero attached hydrogens (tertiary/aromatic N) is 1. The number of methoxy groups -OCH3 is 1. The second-order valence-corrected chi connectivity index (χ2v) is 6.96. The first-order valence-corrected chi connectivity index (χ1v) is 7.90. The van der Waals surface area contributed by atoms with Crippen molar-refractivity contribution >= 4 is 15.9 Å². The lowest BCUT2D eigenvalue weighted by molar-refractivity contribution is 0.211. The Hall–Kier alpha value is -0.740. The minimum Gasteiger partial charge on any atom is -0.503 e. The molecule has 0 saturated carbocycles. The number of aromatic hydroxyl groups is 1. The van der Waals surface area contributed by atoms with E-state index in [0.717, 1.165) is 25.2 Å². The molecule has 0 bridgehead atoms. The number of halogens is 1. The Balaban J connectivity index is 2.89. The van der Waals surface area contributed by atoms with Gasteiger partial charge in [-0.05, 0) is 45.5 Å². The van der Waals surface area contributed by atoms with E-state index in [0.29, 0.717) is 22.1 Å². The molecule has 3 nitrogen and oxygen atoms in total. The van der Waals surface area contributed by atoms with Gasteiger partial charge in [-0.25, -0.2) is 0 Å². The Bertz CT molecular complexity index is 423. The van der Waals surface area contributed by atoms with Crippen LogP contribution in [0, 0.1) is 11.8 Å². The van der Waals surface area contributed by atoms with Crippen molar-refractivity contribution < 1.29 is 9.84 Å². The van der Waals surface area contributed by atoms with Crippen molar-refractivity contribution in [2.24, 2.45) is 11.8 Å². The highest BCUT2D eigenvalue weighted by atomic mass is 79.9. The Morgan fingerprint density at radius 2 is 1.70 bits per heavy atom. The van der Waals surface area contributed by atoms with Crippen molar-refractivity contribution in [2.45, 2.75) is 34.2 Å². The van der Waals surface area contributed by atoms with E-state index < -0.39 is 0 Å². The van der Waals surface area contributed by atoms with Crippen LogP contribution in [-0.4, -0.2) is 30.2 Å². The summed E-state index contributed by atoms with van der Waals surface area (Å²) in [6, 6.07) is 3.87. The average molecular weight is 344 g/mol. The fourth-order valence-electron chi connectivity index (χ4n) is 2.37. The largest absolute Gasteiger partial charge is 0.503 e. The normalized spacial score (nSPS) is 11.7. The first kappa shape index (κ1) is 17.3. The van der Waals surface area contributed by atoms with Gasteiger partial charge in [-0.1, -0.05) is 27.7 Å². The van der Waals surface area contributed by atoms with Gasteiger partial charge in [0.2, 0.25) is 0 Å². The third kappa shape index (κ3) is 5.33. The van der Waals surface area contributed by atoms with Crippen LogP contribution in [0.25, 0.3) is 0 Å². The van der Waals surface area contributed by atoms with Crippen LogP contribution in [0.2, 0.25) is 0 Å². The minimum absolute atomic E-state index is 0.163. The molecule has 0 aromatic heterocycles. The zero-order chi connectivity index (χ0) is 15.3. The van der Waals surface area contributed by atoms with Crippen LogP contribution in [0.15, 0.2) is 16.6 Å². The van der Waals surface area contributed by atoms with Gasteiger partial charge in [0.25, 0.3) is 0 Å². The molecule has 1 aromatic rings. The van der Waals surface area contributed by atoms with Gasteiger partial charge in [0, 0.05) is 19.6 Å². The highest BCUT2D eigenvalue weighted by Gasteiger charge is 2.13.